The minimum absolute atomic E-state index is 0.274. The molecule has 0 atom stereocenters. The van der Waals surface area contributed by atoms with Gasteiger partial charge in [0.15, 0.2) is 0 Å². The number of carbonyl (C=O) groups excluding carboxylic acids is 1. The van der Waals surface area contributed by atoms with Crippen molar-refractivity contribution in [2.24, 2.45) is 0 Å². The summed E-state index contributed by atoms with van der Waals surface area (Å²) >= 11 is 0. The van der Waals surface area contributed by atoms with Crippen LogP contribution in [-0.4, -0.2) is 20.4 Å². The number of fused-ring (bicyclic) bond motifs is 1. The number of carbonyl (C=O) groups is 1. The molecule has 0 aliphatic heterocycles. The highest BCUT2D eigenvalue weighted by Crippen LogP contribution is 2.21. The molecule has 6 nitrogen and oxygen atoms in total. The summed E-state index contributed by atoms with van der Waals surface area (Å²) < 4.78 is 1.87. The SMILES string of the molecule is CCc1ccc(NC(=O)Nc2ccc(-c3cn4cccnc4n3)cc2)cc1. The summed E-state index contributed by atoms with van der Waals surface area (Å²) in [6.07, 6.45) is 6.53. The number of nitrogens with zero attached hydrogens (tertiary/aromatic N) is 3. The summed E-state index contributed by atoms with van der Waals surface area (Å²) in [4.78, 5) is 20.9. The van der Waals surface area contributed by atoms with Gasteiger partial charge in [-0.05, 0) is 42.3 Å². The Bertz CT molecular complexity index is 1030. The molecular formula is C21H19N5O. The van der Waals surface area contributed by atoms with E-state index in [1.165, 1.54) is 5.56 Å². The number of nitrogens with one attached hydrogen (secondary N) is 2. The van der Waals surface area contributed by atoms with E-state index in [1.54, 1.807) is 6.20 Å². The topological polar surface area (TPSA) is 71.3 Å². The van der Waals surface area contributed by atoms with Gasteiger partial charge in [0.2, 0.25) is 5.78 Å². The molecule has 0 aliphatic rings. The van der Waals surface area contributed by atoms with Gasteiger partial charge in [0.1, 0.15) is 0 Å². The van der Waals surface area contributed by atoms with Crippen molar-refractivity contribution in [3.63, 3.8) is 0 Å². The second kappa shape index (κ2) is 7.29. The zero-order chi connectivity index (χ0) is 18.6. The maximum absolute atomic E-state index is 12.2. The lowest BCUT2D eigenvalue weighted by atomic mass is 10.1. The molecule has 0 radical (unpaired) electrons. The molecule has 134 valence electrons. The Morgan fingerprint density at radius 3 is 2.30 bits per heavy atom. The van der Waals surface area contributed by atoms with E-state index in [9.17, 15) is 4.79 Å². The average molecular weight is 357 g/mol. The van der Waals surface area contributed by atoms with Crippen molar-refractivity contribution >= 4 is 23.2 Å². The highest BCUT2D eigenvalue weighted by molar-refractivity contribution is 5.99. The van der Waals surface area contributed by atoms with Gasteiger partial charge in [-0.3, -0.25) is 4.40 Å². The largest absolute Gasteiger partial charge is 0.323 e. The summed E-state index contributed by atoms with van der Waals surface area (Å²) in [6, 6.07) is 17.0. The lowest BCUT2D eigenvalue weighted by Gasteiger charge is -2.08. The summed E-state index contributed by atoms with van der Waals surface area (Å²) in [7, 11) is 0. The third-order valence-corrected chi connectivity index (χ3v) is 4.29. The average Bonchev–Trinajstić information content (AvgIpc) is 3.13. The number of amides is 2. The van der Waals surface area contributed by atoms with E-state index in [2.05, 4.69) is 27.5 Å². The van der Waals surface area contributed by atoms with Gasteiger partial charge in [-0.1, -0.05) is 31.2 Å². The van der Waals surface area contributed by atoms with Crippen LogP contribution in [0.5, 0.6) is 0 Å². The van der Waals surface area contributed by atoms with E-state index >= 15 is 0 Å². The van der Waals surface area contributed by atoms with E-state index in [-0.39, 0.29) is 6.03 Å². The van der Waals surface area contributed by atoms with Gasteiger partial charge in [0.25, 0.3) is 0 Å². The molecule has 6 heteroatoms. The standard InChI is InChI=1S/C21H19N5O/c1-2-15-4-8-17(9-5-15)23-21(27)24-18-10-6-16(7-11-18)19-14-26-13-3-12-22-20(26)25-19/h3-14H,2H2,1H3,(H2,23,24,27). The van der Waals surface area contributed by atoms with Crippen LogP contribution in [0, 0.1) is 0 Å². The number of rotatable bonds is 4. The Kier molecular flexibility index (Phi) is 4.53. The van der Waals surface area contributed by atoms with Crippen LogP contribution >= 0.6 is 0 Å². The van der Waals surface area contributed by atoms with Crippen LogP contribution < -0.4 is 10.6 Å². The van der Waals surface area contributed by atoms with Gasteiger partial charge < -0.3 is 10.6 Å². The Morgan fingerprint density at radius 1 is 1.00 bits per heavy atom. The molecule has 2 heterocycles. The molecule has 2 N–H and O–H groups in total. The number of hydrogen-bond donors (Lipinski definition) is 2. The molecule has 0 unspecified atom stereocenters. The molecular weight excluding hydrogens is 338 g/mol. The normalized spacial score (nSPS) is 10.7. The first-order valence-corrected chi connectivity index (χ1v) is 8.78. The molecule has 27 heavy (non-hydrogen) atoms. The van der Waals surface area contributed by atoms with E-state index in [4.69, 9.17) is 0 Å². The zero-order valence-corrected chi connectivity index (χ0v) is 14.9. The van der Waals surface area contributed by atoms with E-state index in [1.807, 2.05) is 71.4 Å². The molecule has 0 bridgehead atoms. The van der Waals surface area contributed by atoms with Crippen molar-refractivity contribution in [1.29, 1.82) is 0 Å². The van der Waals surface area contributed by atoms with Crippen LogP contribution in [0.1, 0.15) is 12.5 Å². The van der Waals surface area contributed by atoms with Crippen LogP contribution in [-0.2, 0) is 6.42 Å². The van der Waals surface area contributed by atoms with E-state index < -0.39 is 0 Å². The zero-order valence-electron chi connectivity index (χ0n) is 14.9. The fraction of sp³-hybridized carbons (Fsp3) is 0.0952. The molecule has 2 aromatic carbocycles. The fourth-order valence-corrected chi connectivity index (χ4v) is 2.81. The number of benzene rings is 2. The van der Waals surface area contributed by atoms with Crippen molar-refractivity contribution in [2.45, 2.75) is 13.3 Å². The van der Waals surface area contributed by atoms with Crippen molar-refractivity contribution in [3.05, 3.63) is 78.8 Å². The Balaban J connectivity index is 1.43. The Hall–Kier alpha value is -3.67. The van der Waals surface area contributed by atoms with E-state index in [0.29, 0.717) is 11.5 Å². The number of aryl methyl sites for hydroxylation is 1. The molecule has 0 aliphatic carbocycles. The summed E-state index contributed by atoms with van der Waals surface area (Å²) in [5.74, 6) is 0.656. The first kappa shape index (κ1) is 16.8. The van der Waals surface area contributed by atoms with Crippen molar-refractivity contribution in [1.82, 2.24) is 14.4 Å². The molecule has 2 amide bonds. The number of aromatic nitrogens is 3. The third-order valence-electron chi connectivity index (χ3n) is 4.29. The monoisotopic (exact) mass is 357 g/mol. The summed E-state index contributed by atoms with van der Waals surface area (Å²) in [6.45, 7) is 2.10. The predicted molar refractivity (Wildman–Crippen MR) is 107 cm³/mol. The molecule has 0 saturated carbocycles. The van der Waals surface area contributed by atoms with Gasteiger partial charge in [-0.2, -0.15) is 0 Å². The van der Waals surface area contributed by atoms with Crippen LogP contribution in [0.15, 0.2) is 73.2 Å². The second-order valence-electron chi connectivity index (χ2n) is 6.16. The van der Waals surface area contributed by atoms with E-state index in [0.717, 1.165) is 23.4 Å². The van der Waals surface area contributed by atoms with Crippen LogP contribution in [0.4, 0.5) is 16.2 Å². The molecule has 0 saturated heterocycles. The van der Waals surface area contributed by atoms with Gasteiger partial charge >= 0.3 is 6.03 Å². The molecule has 0 fully saturated rings. The highest BCUT2D eigenvalue weighted by Gasteiger charge is 2.06. The van der Waals surface area contributed by atoms with Crippen molar-refractivity contribution in [3.8, 4) is 11.3 Å². The van der Waals surface area contributed by atoms with Gasteiger partial charge in [0.05, 0.1) is 5.69 Å². The first-order chi connectivity index (χ1) is 13.2. The molecule has 4 aromatic rings. The maximum Gasteiger partial charge on any atom is 0.323 e. The first-order valence-electron chi connectivity index (χ1n) is 8.78. The minimum atomic E-state index is -0.274. The number of hydrogen-bond acceptors (Lipinski definition) is 3. The molecule has 2 aromatic heterocycles. The third kappa shape index (κ3) is 3.79. The lowest BCUT2D eigenvalue weighted by Crippen LogP contribution is -2.19. The van der Waals surface area contributed by atoms with Crippen LogP contribution in [0.25, 0.3) is 17.0 Å². The Morgan fingerprint density at radius 2 is 1.67 bits per heavy atom. The van der Waals surface area contributed by atoms with Gasteiger partial charge in [-0.15, -0.1) is 0 Å². The maximum atomic E-state index is 12.2. The Labute approximate surface area is 156 Å². The number of urea groups is 1. The highest BCUT2D eigenvalue weighted by atomic mass is 16.2. The fourth-order valence-electron chi connectivity index (χ4n) is 2.81. The predicted octanol–water partition coefficient (Wildman–Crippen LogP) is 4.60. The molecule has 4 rings (SSSR count). The van der Waals surface area contributed by atoms with Crippen molar-refractivity contribution in [2.75, 3.05) is 10.6 Å². The lowest BCUT2D eigenvalue weighted by molar-refractivity contribution is 0.262. The number of imidazole rings is 1. The smallest absolute Gasteiger partial charge is 0.308 e. The van der Waals surface area contributed by atoms with Gasteiger partial charge in [-0.25, -0.2) is 14.8 Å². The number of anilines is 2. The summed E-state index contributed by atoms with van der Waals surface area (Å²) in [5, 5.41) is 5.67. The minimum Gasteiger partial charge on any atom is -0.308 e. The van der Waals surface area contributed by atoms with Crippen LogP contribution in [0.2, 0.25) is 0 Å². The van der Waals surface area contributed by atoms with Crippen molar-refractivity contribution < 1.29 is 4.79 Å². The molecule has 0 spiro atoms. The quantitative estimate of drug-likeness (QED) is 0.560. The van der Waals surface area contributed by atoms with Gasteiger partial charge in [0, 0.05) is 35.5 Å². The second-order valence-corrected chi connectivity index (χ2v) is 6.16. The summed E-state index contributed by atoms with van der Waals surface area (Å²) in [5.41, 5.74) is 4.50. The van der Waals surface area contributed by atoms with Crippen LogP contribution in [0.3, 0.4) is 0 Å².